The first-order valence-electron chi connectivity index (χ1n) is 14.6. The molecule has 0 bridgehead atoms. The van der Waals surface area contributed by atoms with Gasteiger partial charge in [-0.05, 0) is 63.1 Å². The van der Waals surface area contributed by atoms with E-state index in [-0.39, 0.29) is 12.3 Å². The number of aliphatic imine (C=N–C) groups is 1. The van der Waals surface area contributed by atoms with Gasteiger partial charge in [-0.15, -0.1) is 11.3 Å². The number of ether oxygens (including phenoxy) is 1. The smallest absolute Gasteiger partial charge is 0.308 e. The summed E-state index contributed by atoms with van der Waals surface area (Å²) >= 11 is 7.75. The number of carbonyl (C=O) groups is 1. The fraction of sp³-hybridized carbons (Fsp3) is 0.265. The van der Waals surface area contributed by atoms with E-state index in [9.17, 15) is 9.90 Å². The number of hydrogen-bond acceptors (Lipinski definition) is 9. The van der Waals surface area contributed by atoms with Gasteiger partial charge in [0, 0.05) is 26.6 Å². The number of esters is 1. The lowest BCUT2D eigenvalue weighted by Crippen LogP contribution is -2.51. The number of nitrogens with two attached hydrogens (primary N) is 2. The number of para-hydroxylation sites is 2. The van der Waals surface area contributed by atoms with E-state index in [1.165, 1.54) is 0 Å². The third-order valence-electron chi connectivity index (χ3n) is 7.95. The lowest BCUT2D eigenvalue weighted by atomic mass is 9.99. The molecule has 4 aromatic rings. The maximum Gasteiger partial charge on any atom is 0.308 e. The van der Waals surface area contributed by atoms with Crippen molar-refractivity contribution in [1.82, 2.24) is 0 Å². The number of halogens is 1. The second kappa shape index (κ2) is 13.4. The lowest BCUT2D eigenvalue weighted by molar-refractivity contribution is -0.149. The summed E-state index contributed by atoms with van der Waals surface area (Å²) in [7, 11) is 0. The number of thiophene rings is 1. The largest absolute Gasteiger partial charge is 0.458 e. The number of aliphatic hydroxyl groups excluding tert-OH is 1. The van der Waals surface area contributed by atoms with Crippen molar-refractivity contribution in [2.24, 2.45) is 10.7 Å². The fourth-order valence-corrected chi connectivity index (χ4v) is 6.71. The summed E-state index contributed by atoms with van der Waals surface area (Å²) in [6.45, 7) is 7.55. The quantitative estimate of drug-likeness (QED) is 0.0470. The molecule has 45 heavy (non-hydrogen) atoms. The molecule has 1 aliphatic rings. The van der Waals surface area contributed by atoms with Crippen LogP contribution in [0.3, 0.4) is 0 Å². The molecule has 1 aliphatic heterocycles. The molecule has 9 nitrogen and oxygen atoms in total. The summed E-state index contributed by atoms with van der Waals surface area (Å²) < 4.78 is 5.85. The minimum Gasteiger partial charge on any atom is -0.458 e. The van der Waals surface area contributed by atoms with E-state index < -0.39 is 30.5 Å². The second-order valence-corrected chi connectivity index (χ2v) is 12.7. The number of nitrogens with zero attached hydrogens (tertiary/aromatic N) is 2. The van der Waals surface area contributed by atoms with Gasteiger partial charge in [0.05, 0.1) is 35.4 Å². The van der Waals surface area contributed by atoms with Crippen LogP contribution in [0.2, 0.25) is 5.02 Å². The number of fused-ring (bicyclic) bond motifs is 1. The average Bonchev–Trinajstić information content (AvgIpc) is 3.22. The first-order chi connectivity index (χ1) is 21.4. The van der Waals surface area contributed by atoms with Crippen LogP contribution in [0, 0.1) is 19.3 Å². The van der Waals surface area contributed by atoms with Crippen molar-refractivity contribution in [3.8, 4) is 0 Å². The van der Waals surface area contributed by atoms with Crippen molar-refractivity contribution < 1.29 is 14.6 Å². The number of aliphatic hydroxyl groups is 1. The SMILES string of the molecule is CC(=N)N1c2sc(C)c(C)c2C(c2ccc(Cl)cc2)=N[C@H](CC(=O)O[C@H](C)c2ccc(C(O)Nc3ccccc3N)cc2)C1N. The Labute approximate surface area is 272 Å². The molecule has 0 fully saturated rings. The fourth-order valence-electron chi connectivity index (χ4n) is 5.33. The van der Waals surface area contributed by atoms with Crippen molar-refractivity contribution in [3.05, 3.63) is 111 Å². The predicted molar refractivity (Wildman–Crippen MR) is 184 cm³/mol. The highest BCUT2D eigenvalue weighted by atomic mass is 35.5. The second-order valence-electron chi connectivity index (χ2n) is 11.1. The van der Waals surface area contributed by atoms with E-state index in [0.717, 1.165) is 32.1 Å². The van der Waals surface area contributed by atoms with Crippen LogP contribution in [0.1, 0.15) is 65.3 Å². The molecule has 3 aromatic carbocycles. The van der Waals surface area contributed by atoms with Gasteiger partial charge < -0.3 is 31.5 Å². The number of amidine groups is 1. The molecule has 0 saturated heterocycles. The summed E-state index contributed by atoms with van der Waals surface area (Å²) in [6, 6.07) is 21.1. The molecular weight excluding hydrogens is 608 g/mol. The van der Waals surface area contributed by atoms with Gasteiger partial charge in [0.2, 0.25) is 0 Å². The molecule has 0 aliphatic carbocycles. The number of nitrogen functional groups attached to an aromatic ring is 1. The molecule has 2 unspecified atom stereocenters. The Morgan fingerprint density at radius 2 is 1.76 bits per heavy atom. The normalized spacial score (nSPS) is 17.5. The van der Waals surface area contributed by atoms with Crippen LogP contribution in [-0.4, -0.2) is 34.8 Å². The van der Waals surface area contributed by atoms with Gasteiger partial charge >= 0.3 is 5.97 Å². The van der Waals surface area contributed by atoms with Crippen molar-refractivity contribution in [2.45, 2.75) is 58.7 Å². The molecule has 11 heteroatoms. The van der Waals surface area contributed by atoms with Gasteiger partial charge in [-0.2, -0.15) is 0 Å². The van der Waals surface area contributed by atoms with Gasteiger partial charge in [0.25, 0.3) is 0 Å². The summed E-state index contributed by atoms with van der Waals surface area (Å²) in [5, 5.41) is 23.7. The third kappa shape index (κ3) is 6.89. The number of nitrogens with one attached hydrogen (secondary N) is 2. The van der Waals surface area contributed by atoms with Crippen LogP contribution in [0.15, 0.2) is 77.8 Å². The van der Waals surface area contributed by atoms with E-state index >= 15 is 0 Å². The maximum absolute atomic E-state index is 13.4. The molecule has 0 radical (unpaired) electrons. The Kier molecular flexibility index (Phi) is 9.59. The molecule has 0 spiro atoms. The predicted octanol–water partition coefficient (Wildman–Crippen LogP) is 6.71. The first kappa shape index (κ1) is 32.2. The summed E-state index contributed by atoms with van der Waals surface area (Å²) in [5.41, 5.74) is 18.8. The van der Waals surface area contributed by atoms with E-state index in [1.54, 1.807) is 66.5 Å². The summed E-state index contributed by atoms with van der Waals surface area (Å²) in [5.74, 6) is -0.204. The van der Waals surface area contributed by atoms with E-state index in [1.807, 2.05) is 50.2 Å². The zero-order chi connectivity index (χ0) is 32.4. The Balaban J connectivity index is 1.35. The number of hydrogen-bond donors (Lipinski definition) is 5. The van der Waals surface area contributed by atoms with Gasteiger partial charge in [-0.1, -0.05) is 60.1 Å². The number of carbonyl (C=O) groups excluding carboxylic acids is 1. The molecular formula is C34H37ClN6O3S. The Morgan fingerprint density at radius 3 is 2.40 bits per heavy atom. The lowest BCUT2D eigenvalue weighted by Gasteiger charge is -2.31. The van der Waals surface area contributed by atoms with Crippen LogP contribution in [0.5, 0.6) is 0 Å². The molecule has 2 heterocycles. The standard InChI is InChI=1S/C34H37ClN6O3S/c1-18-20(3)45-34-30(18)31(23-13-15-25(35)16-14-23)39-28(32(38)41(34)21(4)36)17-29(42)44-19(2)22-9-11-24(12-10-22)33(43)40-27-8-6-5-7-26(27)37/h5-16,19,28,32-33,36,40,43H,17,37-38H2,1-4H3/t19-,28-,32?,33?/m1/s1. The molecule has 4 atom stereocenters. The molecule has 1 aromatic heterocycles. The Hall–Kier alpha value is -4.22. The van der Waals surface area contributed by atoms with Crippen molar-refractivity contribution in [1.29, 1.82) is 5.41 Å². The highest BCUT2D eigenvalue weighted by Crippen LogP contribution is 2.41. The van der Waals surface area contributed by atoms with Gasteiger partial charge in [-0.3, -0.25) is 15.2 Å². The first-order valence-corrected chi connectivity index (χ1v) is 15.8. The van der Waals surface area contributed by atoms with Crippen LogP contribution in [-0.2, 0) is 9.53 Å². The van der Waals surface area contributed by atoms with Crippen LogP contribution in [0.4, 0.5) is 16.4 Å². The molecule has 234 valence electrons. The number of anilines is 3. The zero-order valence-electron chi connectivity index (χ0n) is 25.5. The average molecular weight is 645 g/mol. The van der Waals surface area contributed by atoms with E-state index in [4.69, 9.17) is 38.2 Å². The van der Waals surface area contributed by atoms with Gasteiger partial charge in [0.15, 0.2) is 6.23 Å². The highest BCUT2D eigenvalue weighted by molar-refractivity contribution is 7.17. The minimum atomic E-state index is -0.970. The van der Waals surface area contributed by atoms with Crippen molar-refractivity contribution in [3.63, 3.8) is 0 Å². The van der Waals surface area contributed by atoms with Crippen LogP contribution in [0.25, 0.3) is 0 Å². The number of aryl methyl sites for hydroxylation is 1. The van der Waals surface area contributed by atoms with Crippen LogP contribution < -0.4 is 21.7 Å². The molecule has 0 saturated carbocycles. The summed E-state index contributed by atoms with van der Waals surface area (Å²) in [4.78, 5) is 21.3. The third-order valence-corrected chi connectivity index (χ3v) is 9.41. The molecule has 7 N–H and O–H groups in total. The van der Waals surface area contributed by atoms with Gasteiger partial charge in [-0.25, -0.2) is 0 Å². The van der Waals surface area contributed by atoms with Crippen molar-refractivity contribution in [2.75, 3.05) is 16.0 Å². The number of rotatable bonds is 8. The highest BCUT2D eigenvalue weighted by Gasteiger charge is 2.36. The molecule has 5 rings (SSSR count). The number of benzene rings is 3. The monoisotopic (exact) mass is 644 g/mol. The maximum atomic E-state index is 13.4. The van der Waals surface area contributed by atoms with Crippen LogP contribution >= 0.6 is 22.9 Å². The van der Waals surface area contributed by atoms with Crippen molar-refractivity contribution >= 4 is 56.8 Å². The minimum absolute atomic E-state index is 0.0848. The molecule has 0 amide bonds. The van der Waals surface area contributed by atoms with Gasteiger partial charge in [0.1, 0.15) is 17.3 Å². The Morgan fingerprint density at radius 1 is 1.11 bits per heavy atom. The van der Waals surface area contributed by atoms with E-state index in [2.05, 4.69) is 5.32 Å². The Bertz CT molecular complexity index is 1740. The topological polar surface area (TPSA) is 150 Å². The summed E-state index contributed by atoms with van der Waals surface area (Å²) in [6.07, 6.45) is -2.38. The zero-order valence-corrected chi connectivity index (χ0v) is 27.1. The van der Waals surface area contributed by atoms with E-state index in [0.29, 0.717) is 27.7 Å².